The highest BCUT2D eigenvalue weighted by atomic mass is 16.5. The summed E-state index contributed by atoms with van der Waals surface area (Å²) < 4.78 is 5.22. The SMILES string of the molecule is CC(C)(CCc1ccccc1)C(=O)OCCCN=[N+]=[N-]. The third-order valence-corrected chi connectivity index (χ3v) is 3.13. The number of carbonyl (C=O) groups excluding carboxylic acids is 1. The molecule has 1 aromatic rings. The van der Waals surface area contributed by atoms with Gasteiger partial charge in [-0.2, -0.15) is 0 Å². The highest BCUT2D eigenvalue weighted by Gasteiger charge is 2.28. The maximum atomic E-state index is 12.0. The molecule has 0 fully saturated rings. The van der Waals surface area contributed by atoms with Gasteiger partial charge in [0.05, 0.1) is 12.0 Å². The molecular formula is C15H21N3O2. The number of azide groups is 1. The zero-order valence-corrected chi connectivity index (χ0v) is 12.1. The number of rotatable bonds is 8. The Hall–Kier alpha value is -2.00. The molecule has 0 aliphatic rings. The molecule has 0 amide bonds. The van der Waals surface area contributed by atoms with E-state index in [-0.39, 0.29) is 5.97 Å². The number of hydrogen-bond acceptors (Lipinski definition) is 3. The molecule has 0 aliphatic heterocycles. The first kappa shape index (κ1) is 16.1. The summed E-state index contributed by atoms with van der Waals surface area (Å²) in [6.45, 7) is 4.44. The van der Waals surface area contributed by atoms with Crippen molar-refractivity contribution in [3.63, 3.8) is 0 Å². The van der Waals surface area contributed by atoms with Gasteiger partial charge in [0.25, 0.3) is 0 Å². The Morgan fingerprint density at radius 1 is 1.35 bits per heavy atom. The fourth-order valence-electron chi connectivity index (χ4n) is 1.74. The van der Waals surface area contributed by atoms with E-state index in [2.05, 4.69) is 22.2 Å². The van der Waals surface area contributed by atoms with Crippen LogP contribution in [0.4, 0.5) is 0 Å². The van der Waals surface area contributed by atoms with Crippen LogP contribution in [0.2, 0.25) is 0 Å². The van der Waals surface area contributed by atoms with Crippen LogP contribution in [0.5, 0.6) is 0 Å². The van der Waals surface area contributed by atoms with E-state index >= 15 is 0 Å². The van der Waals surface area contributed by atoms with Gasteiger partial charge in [-0.3, -0.25) is 4.79 Å². The highest BCUT2D eigenvalue weighted by Crippen LogP contribution is 2.24. The van der Waals surface area contributed by atoms with Gasteiger partial charge in [0.15, 0.2) is 0 Å². The van der Waals surface area contributed by atoms with Crippen molar-refractivity contribution in [2.75, 3.05) is 13.2 Å². The second kappa shape index (κ2) is 8.23. The van der Waals surface area contributed by atoms with Crippen LogP contribution in [-0.2, 0) is 16.0 Å². The third kappa shape index (κ3) is 5.76. The molecule has 20 heavy (non-hydrogen) atoms. The summed E-state index contributed by atoms with van der Waals surface area (Å²) in [6.07, 6.45) is 2.15. The fraction of sp³-hybridized carbons (Fsp3) is 0.533. The maximum Gasteiger partial charge on any atom is 0.311 e. The summed E-state index contributed by atoms with van der Waals surface area (Å²) in [4.78, 5) is 14.6. The molecule has 0 aliphatic carbocycles. The molecule has 0 bridgehead atoms. The lowest BCUT2D eigenvalue weighted by molar-refractivity contribution is -0.154. The molecular weight excluding hydrogens is 254 g/mol. The predicted molar refractivity (Wildman–Crippen MR) is 78.1 cm³/mol. The Morgan fingerprint density at radius 2 is 2.05 bits per heavy atom. The van der Waals surface area contributed by atoms with E-state index in [0.717, 1.165) is 12.8 Å². The number of ether oxygens (including phenoxy) is 1. The van der Waals surface area contributed by atoms with Gasteiger partial charge in [-0.15, -0.1) is 0 Å². The summed E-state index contributed by atoms with van der Waals surface area (Å²) >= 11 is 0. The molecule has 0 radical (unpaired) electrons. The molecule has 5 nitrogen and oxygen atoms in total. The molecule has 0 atom stereocenters. The van der Waals surface area contributed by atoms with Crippen molar-refractivity contribution in [2.24, 2.45) is 10.5 Å². The van der Waals surface area contributed by atoms with Gasteiger partial charge >= 0.3 is 5.97 Å². The molecule has 0 heterocycles. The third-order valence-electron chi connectivity index (χ3n) is 3.13. The molecule has 5 heteroatoms. The second-order valence-corrected chi connectivity index (χ2v) is 5.31. The van der Waals surface area contributed by atoms with Crippen LogP contribution in [-0.4, -0.2) is 19.1 Å². The van der Waals surface area contributed by atoms with Crippen LogP contribution in [0, 0.1) is 5.41 Å². The lowest BCUT2D eigenvalue weighted by Gasteiger charge is -2.22. The fourth-order valence-corrected chi connectivity index (χ4v) is 1.74. The molecule has 0 aromatic heterocycles. The standard InChI is InChI=1S/C15H21N3O2/c1-15(2,10-9-13-7-4-3-5-8-13)14(19)20-12-6-11-17-18-16/h3-5,7-8H,6,9-12H2,1-2H3. The minimum Gasteiger partial charge on any atom is -0.465 e. The van der Waals surface area contributed by atoms with Gasteiger partial charge in [-0.25, -0.2) is 0 Å². The zero-order valence-electron chi connectivity index (χ0n) is 12.1. The van der Waals surface area contributed by atoms with Gasteiger partial charge in [0.2, 0.25) is 0 Å². The number of carbonyl (C=O) groups is 1. The van der Waals surface area contributed by atoms with E-state index in [1.165, 1.54) is 5.56 Å². The lowest BCUT2D eigenvalue weighted by Crippen LogP contribution is -2.27. The van der Waals surface area contributed by atoms with E-state index in [1.54, 1.807) is 0 Å². The van der Waals surface area contributed by atoms with Gasteiger partial charge in [-0.05, 0) is 44.2 Å². The Morgan fingerprint density at radius 3 is 2.70 bits per heavy atom. The molecule has 1 aromatic carbocycles. The summed E-state index contributed by atoms with van der Waals surface area (Å²) in [6, 6.07) is 10.1. The highest BCUT2D eigenvalue weighted by molar-refractivity contribution is 5.75. The molecule has 1 rings (SSSR count). The van der Waals surface area contributed by atoms with E-state index in [9.17, 15) is 4.79 Å². The van der Waals surface area contributed by atoms with Gasteiger partial charge < -0.3 is 4.74 Å². The van der Waals surface area contributed by atoms with E-state index in [1.807, 2.05) is 32.0 Å². The summed E-state index contributed by atoms with van der Waals surface area (Å²) in [5.41, 5.74) is 8.85. The molecule has 0 unspecified atom stereocenters. The van der Waals surface area contributed by atoms with Crippen molar-refractivity contribution in [1.29, 1.82) is 0 Å². The number of nitrogens with zero attached hydrogens (tertiary/aromatic N) is 3. The van der Waals surface area contributed by atoms with Crippen molar-refractivity contribution in [3.8, 4) is 0 Å². The van der Waals surface area contributed by atoms with Crippen molar-refractivity contribution in [1.82, 2.24) is 0 Å². The number of benzene rings is 1. The first-order valence-electron chi connectivity index (χ1n) is 6.78. The van der Waals surface area contributed by atoms with Crippen molar-refractivity contribution >= 4 is 5.97 Å². The van der Waals surface area contributed by atoms with Crippen molar-refractivity contribution < 1.29 is 9.53 Å². The van der Waals surface area contributed by atoms with Gasteiger partial charge in [0.1, 0.15) is 0 Å². The van der Waals surface area contributed by atoms with Crippen LogP contribution in [0.1, 0.15) is 32.3 Å². The minimum atomic E-state index is -0.506. The first-order valence-corrected chi connectivity index (χ1v) is 6.78. The van der Waals surface area contributed by atoms with E-state index in [0.29, 0.717) is 19.6 Å². The van der Waals surface area contributed by atoms with Crippen molar-refractivity contribution in [2.45, 2.75) is 33.1 Å². The predicted octanol–water partition coefficient (Wildman–Crippen LogP) is 3.89. The number of esters is 1. The summed E-state index contributed by atoms with van der Waals surface area (Å²) in [5.74, 6) is -0.200. The lowest BCUT2D eigenvalue weighted by atomic mass is 9.86. The largest absolute Gasteiger partial charge is 0.465 e. The monoisotopic (exact) mass is 275 g/mol. The maximum absolute atomic E-state index is 12.0. The van der Waals surface area contributed by atoms with Gasteiger partial charge in [0, 0.05) is 11.5 Å². The summed E-state index contributed by atoms with van der Waals surface area (Å²) in [7, 11) is 0. The molecule has 108 valence electrons. The average molecular weight is 275 g/mol. The topological polar surface area (TPSA) is 75.1 Å². The molecule has 0 N–H and O–H groups in total. The van der Waals surface area contributed by atoms with Crippen LogP contribution < -0.4 is 0 Å². The zero-order chi connectivity index (χ0) is 14.8. The van der Waals surface area contributed by atoms with Crippen LogP contribution in [0.15, 0.2) is 35.4 Å². The molecule has 0 spiro atoms. The second-order valence-electron chi connectivity index (χ2n) is 5.31. The Balaban J connectivity index is 2.35. The molecule has 0 saturated heterocycles. The Kier molecular flexibility index (Phi) is 6.60. The van der Waals surface area contributed by atoms with Crippen LogP contribution in [0.25, 0.3) is 10.4 Å². The normalized spacial score (nSPS) is 10.7. The Bertz CT molecular complexity index is 465. The Labute approximate surface area is 119 Å². The van der Waals surface area contributed by atoms with E-state index in [4.69, 9.17) is 10.3 Å². The smallest absolute Gasteiger partial charge is 0.311 e. The van der Waals surface area contributed by atoms with Crippen LogP contribution in [0.3, 0.4) is 0 Å². The summed E-state index contributed by atoms with van der Waals surface area (Å²) in [5, 5.41) is 3.40. The average Bonchev–Trinajstić information content (AvgIpc) is 2.46. The quantitative estimate of drug-likeness (QED) is 0.237. The molecule has 0 saturated carbocycles. The first-order chi connectivity index (χ1) is 9.56. The number of aryl methyl sites for hydroxylation is 1. The van der Waals surface area contributed by atoms with Gasteiger partial charge in [-0.1, -0.05) is 35.4 Å². The number of hydrogen-bond donors (Lipinski definition) is 0. The minimum absolute atomic E-state index is 0.200. The van der Waals surface area contributed by atoms with E-state index < -0.39 is 5.41 Å². The van der Waals surface area contributed by atoms with Crippen LogP contribution >= 0.6 is 0 Å². The van der Waals surface area contributed by atoms with Crippen molar-refractivity contribution in [3.05, 3.63) is 46.3 Å².